The molecule has 1 aliphatic rings. The number of alkyl halides is 3. The Labute approximate surface area is 210 Å². The molecule has 4 aromatic rings. The number of halogens is 5. The largest absolute Gasteiger partial charge is 0.419 e. The molecule has 1 saturated heterocycles. The van der Waals surface area contributed by atoms with Gasteiger partial charge in [-0.15, -0.1) is 5.10 Å². The molecule has 0 amide bonds. The van der Waals surface area contributed by atoms with Crippen LogP contribution in [0.5, 0.6) is 0 Å². The summed E-state index contributed by atoms with van der Waals surface area (Å²) in [6, 6.07) is 12.3. The Kier molecular flexibility index (Phi) is 6.26. The Hall–Kier alpha value is -3.73. The van der Waals surface area contributed by atoms with Gasteiger partial charge in [0.2, 0.25) is 0 Å². The van der Waals surface area contributed by atoms with Crippen molar-refractivity contribution >= 4 is 22.5 Å². The van der Waals surface area contributed by atoms with Gasteiger partial charge in [-0.3, -0.25) is 0 Å². The maximum atomic E-state index is 15.0. The van der Waals surface area contributed by atoms with Crippen LogP contribution in [0.25, 0.3) is 16.6 Å². The molecule has 194 valence electrons. The second-order valence-electron chi connectivity index (χ2n) is 9.35. The number of pyridine rings is 1. The number of hydrogen-bond donors (Lipinski definition) is 1. The lowest BCUT2D eigenvalue weighted by atomic mass is 10.0. The van der Waals surface area contributed by atoms with Crippen molar-refractivity contribution in [3.63, 3.8) is 0 Å². The van der Waals surface area contributed by atoms with Crippen LogP contribution in [-0.2, 0) is 12.6 Å². The highest BCUT2D eigenvalue weighted by molar-refractivity contribution is 5.91. The van der Waals surface area contributed by atoms with Gasteiger partial charge in [-0.1, -0.05) is 30.3 Å². The predicted octanol–water partition coefficient (Wildman–Crippen LogP) is 4.97. The van der Waals surface area contributed by atoms with E-state index in [0.717, 1.165) is 31.1 Å². The summed E-state index contributed by atoms with van der Waals surface area (Å²) < 4.78 is 70.4. The third-order valence-corrected chi connectivity index (χ3v) is 6.81. The quantitative estimate of drug-likeness (QED) is 0.388. The number of rotatable bonds is 4. The first-order valence-corrected chi connectivity index (χ1v) is 11.7. The van der Waals surface area contributed by atoms with Crippen LogP contribution >= 0.6 is 0 Å². The van der Waals surface area contributed by atoms with E-state index >= 15 is 0 Å². The van der Waals surface area contributed by atoms with Crippen LogP contribution in [0.1, 0.15) is 16.7 Å². The topological polar surface area (TPSA) is 63.2 Å². The molecule has 0 bridgehead atoms. The van der Waals surface area contributed by atoms with Gasteiger partial charge >= 0.3 is 6.18 Å². The van der Waals surface area contributed by atoms with Gasteiger partial charge < -0.3 is 15.5 Å². The van der Waals surface area contributed by atoms with E-state index < -0.39 is 34.6 Å². The van der Waals surface area contributed by atoms with Gasteiger partial charge in [0.1, 0.15) is 17.3 Å². The number of nitrogens with zero attached hydrogens (tertiary/aromatic N) is 5. The SMILES string of the molecule is Cc1c(F)c(-n2nc(N)c3cc(N4CCN(C)CC4Cc4ccccc4)ncc32)cc(C(F)(F)F)c1F. The molecular formula is C26H25F5N6. The Bertz CT molecular complexity index is 1450. The van der Waals surface area contributed by atoms with Gasteiger partial charge in [0.05, 0.1) is 17.3 Å². The van der Waals surface area contributed by atoms with E-state index in [0.29, 0.717) is 23.8 Å². The predicted molar refractivity (Wildman–Crippen MR) is 132 cm³/mol. The van der Waals surface area contributed by atoms with Crippen LogP contribution in [0, 0.1) is 18.6 Å². The molecule has 1 aliphatic heterocycles. The second kappa shape index (κ2) is 9.29. The first-order chi connectivity index (χ1) is 17.5. The van der Waals surface area contributed by atoms with Gasteiger partial charge in [-0.2, -0.15) is 13.2 Å². The van der Waals surface area contributed by atoms with Crippen molar-refractivity contribution < 1.29 is 22.0 Å². The van der Waals surface area contributed by atoms with E-state index in [1.54, 1.807) is 6.07 Å². The summed E-state index contributed by atoms with van der Waals surface area (Å²) in [6.45, 7) is 3.29. The zero-order valence-electron chi connectivity index (χ0n) is 20.2. The molecule has 2 aromatic heterocycles. The molecule has 0 saturated carbocycles. The zero-order chi connectivity index (χ0) is 26.5. The molecule has 1 unspecified atom stereocenters. The number of nitrogen functional groups attached to an aromatic ring is 1. The molecule has 37 heavy (non-hydrogen) atoms. The summed E-state index contributed by atoms with van der Waals surface area (Å²) in [5.41, 5.74) is 4.65. The van der Waals surface area contributed by atoms with Gasteiger partial charge in [0.15, 0.2) is 11.6 Å². The average molecular weight is 517 g/mol. The number of likely N-dealkylation sites (N-methyl/N-ethyl adjacent to an activating group) is 1. The molecular weight excluding hydrogens is 491 g/mol. The van der Waals surface area contributed by atoms with E-state index in [2.05, 4.69) is 39.1 Å². The Morgan fingerprint density at radius 3 is 2.49 bits per heavy atom. The monoisotopic (exact) mass is 516 g/mol. The summed E-state index contributed by atoms with van der Waals surface area (Å²) >= 11 is 0. The summed E-state index contributed by atoms with van der Waals surface area (Å²) in [4.78, 5) is 8.98. The average Bonchev–Trinajstić information content (AvgIpc) is 3.18. The van der Waals surface area contributed by atoms with Crippen molar-refractivity contribution in [1.29, 1.82) is 0 Å². The molecule has 0 aliphatic carbocycles. The second-order valence-corrected chi connectivity index (χ2v) is 9.35. The summed E-state index contributed by atoms with van der Waals surface area (Å²) in [6.07, 6.45) is -2.80. The van der Waals surface area contributed by atoms with Gasteiger partial charge in [0, 0.05) is 36.6 Å². The molecule has 2 aromatic carbocycles. The zero-order valence-corrected chi connectivity index (χ0v) is 20.2. The molecule has 5 rings (SSSR count). The Morgan fingerprint density at radius 2 is 1.78 bits per heavy atom. The van der Waals surface area contributed by atoms with Gasteiger partial charge in [-0.05, 0) is 38.1 Å². The van der Waals surface area contributed by atoms with E-state index in [-0.39, 0.29) is 17.4 Å². The summed E-state index contributed by atoms with van der Waals surface area (Å²) in [5.74, 6) is -2.17. The maximum Gasteiger partial charge on any atom is 0.419 e. The smallest absolute Gasteiger partial charge is 0.382 e. The van der Waals surface area contributed by atoms with Crippen molar-refractivity contribution in [1.82, 2.24) is 19.7 Å². The lowest BCUT2D eigenvalue weighted by Crippen LogP contribution is -2.53. The number of anilines is 2. The molecule has 1 atom stereocenters. The molecule has 6 nitrogen and oxygen atoms in total. The molecule has 2 N–H and O–H groups in total. The third kappa shape index (κ3) is 4.59. The van der Waals surface area contributed by atoms with Crippen LogP contribution in [-0.4, -0.2) is 52.4 Å². The minimum Gasteiger partial charge on any atom is -0.382 e. The molecule has 0 radical (unpaired) electrons. The minimum absolute atomic E-state index is 0.00215. The van der Waals surface area contributed by atoms with Gasteiger partial charge in [0.25, 0.3) is 0 Å². The third-order valence-electron chi connectivity index (χ3n) is 6.81. The number of fused-ring (bicyclic) bond motifs is 1. The number of piperazine rings is 1. The standard InChI is InChI=1S/C26H25F5N6/c1-15-23(27)19(26(29,30)31)12-20(24(15)28)37-21-13-33-22(11-18(21)25(32)34-37)36-9-8-35(2)14-17(36)10-16-6-4-3-5-7-16/h3-7,11-13,17H,8-10,14H2,1-2H3,(H2,32,34). The van der Waals surface area contributed by atoms with Crippen molar-refractivity contribution in [3.05, 3.63) is 77.0 Å². The fraction of sp³-hybridized carbons (Fsp3) is 0.308. The van der Waals surface area contributed by atoms with Crippen LogP contribution in [0.2, 0.25) is 0 Å². The highest BCUT2D eigenvalue weighted by atomic mass is 19.4. The summed E-state index contributed by atoms with van der Waals surface area (Å²) in [7, 11) is 2.06. The molecule has 0 spiro atoms. The normalized spacial score (nSPS) is 17.1. The number of benzene rings is 2. The summed E-state index contributed by atoms with van der Waals surface area (Å²) in [5, 5.41) is 4.51. The maximum absolute atomic E-state index is 15.0. The lowest BCUT2D eigenvalue weighted by Gasteiger charge is -2.41. The van der Waals surface area contributed by atoms with Gasteiger partial charge in [-0.25, -0.2) is 18.4 Å². The highest BCUT2D eigenvalue weighted by Gasteiger charge is 2.37. The number of hydrogen-bond acceptors (Lipinski definition) is 5. The lowest BCUT2D eigenvalue weighted by molar-refractivity contribution is -0.140. The van der Waals surface area contributed by atoms with Crippen LogP contribution in [0.15, 0.2) is 48.7 Å². The highest BCUT2D eigenvalue weighted by Crippen LogP contribution is 2.37. The number of aromatic nitrogens is 3. The van der Waals surface area contributed by atoms with E-state index in [1.165, 1.54) is 11.8 Å². The minimum atomic E-state index is -5.01. The van der Waals surface area contributed by atoms with Crippen molar-refractivity contribution in [2.45, 2.75) is 25.6 Å². The first-order valence-electron chi connectivity index (χ1n) is 11.7. The van der Waals surface area contributed by atoms with E-state index in [4.69, 9.17) is 5.73 Å². The molecule has 11 heteroatoms. The van der Waals surface area contributed by atoms with Crippen molar-refractivity contribution in [3.8, 4) is 5.69 Å². The van der Waals surface area contributed by atoms with Crippen LogP contribution < -0.4 is 10.6 Å². The van der Waals surface area contributed by atoms with Crippen LogP contribution in [0.4, 0.5) is 33.6 Å². The number of nitrogens with two attached hydrogens (primary N) is 1. The Morgan fingerprint density at radius 1 is 1.05 bits per heavy atom. The van der Waals surface area contributed by atoms with Crippen LogP contribution in [0.3, 0.4) is 0 Å². The van der Waals surface area contributed by atoms with E-state index in [1.807, 2.05) is 18.2 Å². The fourth-order valence-corrected chi connectivity index (χ4v) is 4.85. The first kappa shape index (κ1) is 24.9. The van der Waals surface area contributed by atoms with E-state index in [9.17, 15) is 22.0 Å². The fourth-order valence-electron chi connectivity index (χ4n) is 4.85. The molecule has 1 fully saturated rings. The Balaban J connectivity index is 1.57. The van der Waals surface area contributed by atoms with Crippen molar-refractivity contribution in [2.24, 2.45) is 0 Å². The molecule has 3 heterocycles. The van der Waals surface area contributed by atoms with Crippen molar-refractivity contribution in [2.75, 3.05) is 37.3 Å².